The summed E-state index contributed by atoms with van der Waals surface area (Å²) in [6.45, 7) is 0. The lowest BCUT2D eigenvalue weighted by Crippen LogP contribution is -2.32. The van der Waals surface area contributed by atoms with Crippen LogP contribution in [0.15, 0.2) is 90.8 Å². The van der Waals surface area contributed by atoms with Crippen molar-refractivity contribution in [1.29, 1.82) is 0 Å². The molecule has 6 rings (SSSR count). The van der Waals surface area contributed by atoms with Crippen molar-refractivity contribution < 1.29 is 4.74 Å². The summed E-state index contributed by atoms with van der Waals surface area (Å²) in [5.41, 5.74) is 5.30. The van der Waals surface area contributed by atoms with Gasteiger partial charge in [0.2, 0.25) is 5.95 Å². The number of hydrogen-bond acceptors (Lipinski definition) is 4. The summed E-state index contributed by atoms with van der Waals surface area (Å²) in [5.74, 6) is 1.55. The summed E-state index contributed by atoms with van der Waals surface area (Å²) in [6, 6.07) is 26.1. The van der Waals surface area contributed by atoms with Crippen LogP contribution in [0.2, 0.25) is 5.02 Å². The second-order valence-electron chi connectivity index (χ2n) is 7.34. The molecule has 3 aromatic carbocycles. The van der Waals surface area contributed by atoms with Crippen LogP contribution in [0.1, 0.15) is 28.8 Å². The zero-order valence-corrected chi connectivity index (χ0v) is 16.6. The van der Waals surface area contributed by atoms with Crippen molar-refractivity contribution >= 4 is 23.2 Å². The number of nitrogens with zero attached hydrogens (tertiary/aromatic N) is 3. The second kappa shape index (κ2) is 6.75. The van der Waals surface area contributed by atoms with E-state index < -0.39 is 0 Å². The summed E-state index contributed by atoms with van der Waals surface area (Å²) >= 11 is 6.16. The average molecular weight is 413 g/mol. The summed E-state index contributed by atoms with van der Waals surface area (Å²) in [4.78, 5) is 4.45. The molecule has 0 bridgehead atoms. The summed E-state index contributed by atoms with van der Waals surface area (Å²) in [6.07, 6.45) is 1.29. The molecule has 0 aliphatic carbocycles. The first-order valence-electron chi connectivity index (χ1n) is 9.76. The average Bonchev–Trinajstić information content (AvgIpc) is 3.26. The molecule has 3 heterocycles. The van der Waals surface area contributed by atoms with E-state index in [0.29, 0.717) is 11.0 Å². The Morgan fingerprint density at radius 3 is 2.47 bits per heavy atom. The van der Waals surface area contributed by atoms with Crippen LogP contribution in [0.5, 0.6) is 5.75 Å². The van der Waals surface area contributed by atoms with Crippen molar-refractivity contribution in [1.82, 2.24) is 14.8 Å². The van der Waals surface area contributed by atoms with Gasteiger partial charge in [-0.3, -0.25) is 0 Å². The number of aromatic nitrogens is 3. The van der Waals surface area contributed by atoms with E-state index in [0.717, 1.165) is 33.7 Å². The van der Waals surface area contributed by atoms with E-state index in [1.54, 1.807) is 6.33 Å². The lowest BCUT2D eigenvalue weighted by atomic mass is 9.84. The third kappa shape index (κ3) is 2.63. The van der Waals surface area contributed by atoms with Gasteiger partial charge < -0.3 is 10.1 Å². The number of anilines is 1. The van der Waals surface area contributed by atoms with Crippen LogP contribution in [-0.2, 0) is 0 Å². The number of halogens is 1. The number of benzene rings is 3. The summed E-state index contributed by atoms with van der Waals surface area (Å²) in [7, 11) is 0. The minimum Gasteiger partial charge on any atom is -0.480 e. The molecule has 1 aromatic heterocycles. The standard InChI is InChI=1S/C24H17ClN4O/c25-17-12-10-16(11-13-17)23-20-21(18-8-4-5-9-19(18)30-23)28-24-26-14-27-29(24)22(20)15-6-2-1-3-7-15/h1-14,22-23H,(H,26,27,28)/t22-,23+/m1/s1. The van der Waals surface area contributed by atoms with Gasteiger partial charge in [0.05, 0.1) is 5.70 Å². The molecule has 0 amide bonds. The molecule has 146 valence electrons. The number of nitrogens with one attached hydrogen (secondary N) is 1. The van der Waals surface area contributed by atoms with Crippen molar-refractivity contribution in [3.8, 4) is 5.75 Å². The zero-order valence-electron chi connectivity index (χ0n) is 15.9. The Hall–Kier alpha value is -3.57. The molecule has 1 N–H and O–H groups in total. The van der Waals surface area contributed by atoms with Gasteiger partial charge in [-0.2, -0.15) is 10.1 Å². The highest BCUT2D eigenvalue weighted by atomic mass is 35.5. The van der Waals surface area contributed by atoms with Gasteiger partial charge in [0, 0.05) is 16.2 Å². The molecule has 4 aromatic rings. The Morgan fingerprint density at radius 1 is 0.867 bits per heavy atom. The van der Waals surface area contributed by atoms with Crippen LogP contribution in [0.3, 0.4) is 0 Å². The topological polar surface area (TPSA) is 52.0 Å². The Labute approximate surface area is 178 Å². The minimum absolute atomic E-state index is 0.144. The smallest absolute Gasteiger partial charge is 0.226 e. The Morgan fingerprint density at radius 2 is 1.63 bits per heavy atom. The Balaban J connectivity index is 1.63. The Kier molecular flexibility index (Phi) is 3.89. The highest BCUT2D eigenvalue weighted by Crippen LogP contribution is 2.50. The van der Waals surface area contributed by atoms with Gasteiger partial charge in [0.25, 0.3) is 0 Å². The molecule has 0 unspecified atom stereocenters. The molecule has 0 fully saturated rings. The van der Waals surface area contributed by atoms with Crippen molar-refractivity contribution in [2.24, 2.45) is 0 Å². The maximum Gasteiger partial charge on any atom is 0.226 e. The number of hydrogen-bond donors (Lipinski definition) is 1. The fourth-order valence-corrected chi connectivity index (χ4v) is 4.41. The van der Waals surface area contributed by atoms with Crippen molar-refractivity contribution in [3.63, 3.8) is 0 Å². The van der Waals surface area contributed by atoms with E-state index in [9.17, 15) is 0 Å². The first-order chi connectivity index (χ1) is 14.8. The van der Waals surface area contributed by atoms with Crippen LogP contribution < -0.4 is 10.1 Å². The molecule has 0 saturated heterocycles. The van der Waals surface area contributed by atoms with Gasteiger partial charge in [-0.05, 0) is 35.4 Å². The van der Waals surface area contributed by atoms with Gasteiger partial charge in [-0.1, -0.05) is 66.2 Å². The van der Waals surface area contributed by atoms with Crippen LogP contribution in [0.25, 0.3) is 5.70 Å². The van der Waals surface area contributed by atoms with Crippen molar-refractivity contribution in [3.05, 3.63) is 112 Å². The normalized spacial score (nSPS) is 19.2. The fourth-order valence-electron chi connectivity index (χ4n) is 4.29. The quantitative estimate of drug-likeness (QED) is 0.473. The summed E-state index contributed by atoms with van der Waals surface area (Å²) < 4.78 is 8.49. The van der Waals surface area contributed by atoms with Gasteiger partial charge in [-0.15, -0.1) is 0 Å². The third-order valence-corrected chi connectivity index (χ3v) is 5.86. The van der Waals surface area contributed by atoms with Gasteiger partial charge >= 0.3 is 0 Å². The molecular weight excluding hydrogens is 396 g/mol. The molecular formula is C24H17ClN4O. The van der Waals surface area contributed by atoms with Crippen LogP contribution in [0, 0.1) is 0 Å². The number of fused-ring (bicyclic) bond motifs is 3. The molecule has 0 saturated carbocycles. The molecule has 2 atom stereocenters. The van der Waals surface area contributed by atoms with Gasteiger partial charge in [-0.25, -0.2) is 4.68 Å². The van der Waals surface area contributed by atoms with Crippen molar-refractivity contribution in [2.45, 2.75) is 12.1 Å². The highest BCUT2D eigenvalue weighted by Gasteiger charge is 2.40. The van der Waals surface area contributed by atoms with Crippen molar-refractivity contribution in [2.75, 3.05) is 5.32 Å². The first kappa shape index (κ1) is 17.3. The minimum atomic E-state index is -0.290. The van der Waals surface area contributed by atoms with E-state index in [4.69, 9.17) is 16.3 Å². The predicted octanol–water partition coefficient (Wildman–Crippen LogP) is 5.49. The number of rotatable bonds is 2. The molecule has 6 heteroatoms. The highest BCUT2D eigenvalue weighted by molar-refractivity contribution is 6.30. The lowest BCUT2D eigenvalue weighted by Gasteiger charge is -2.39. The third-order valence-electron chi connectivity index (χ3n) is 5.61. The first-order valence-corrected chi connectivity index (χ1v) is 10.1. The van der Waals surface area contributed by atoms with Gasteiger partial charge in [0.15, 0.2) is 0 Å². The molecule has 30 heavy (non-hydrogen) atoms. The molecule has 5 nitrogen and oxygen atoms in total. The lowest BCUT2D eigenvalue weighted by molar-refractivity contribution is 0.223. The second-order valence-corrected chi connectivity index (χ2v) is 7.78. The monoisotopic (exact) mass is 412 g/mol. The molecule has 0 radical (unpaired) electrons. The fraction of sp³-hybridized carbons (Fsp3) is 0.0833. The zero-order chi connectivity index (χ0) is 20.1. The van der Waals surface area contributed by atoms with Crippen LogP contribution in [-0.4, -0.2) is 14.8 Å². The van der Waals surface area contributed by atoms with E-state index in [-0.39, 0.29) is 12.1 Å². The SMILES string of the molecule is Clc1ccc([C@@H]2Oc3ccccc3C3=C2[C@@H](c2ccccc2)n2ncnc2N3)cc1. The van der Waals surface area contributed by atoms with Gasteiger partial charge in [0.1, 0.15) is 24.2 Å². The van der Waals surface area contributed by atoms with Crippen LogP contribution in [0.4, 0.5) is 5.95 Å². The maximum atomic E-state index is 6.57. The maximum absolute atomic E-state index is 6.57. The molecule has 2 aliphatic heterocycles. The Bertz CT molecular complexity index is 1260. The van der Waals surface area contributed by atoms with E-state index >= 15 is 0 Å². The number of para-hydroxylation sites is 1. The van der Waals surface area contributed by atoms with E-state index in [2.05, 4.69) is 33.6 Å². The molecule has 0 spiro atoms. The van der Waals surface area contributed by atoms with E-state index in [1.807, 2.05) is 65.3 Å². The number of ether oxygens (including phenoxy) is 1. The van der Waals surface area contributed by atoms with E-state index in [1.165, 1.54) is 0 Å². The largest absolute Gasteiger partial charge is 0.480 e. The summed E-state index contributed by atoms with van der Waals surface area (Å²) in [5, 5.41) is 8.74. The van der Waals surface area contributed by atoms with Crippen LogP contribution >= 0.6 is 11.6 Å². The molecule has 2 aliphatic rings. The predicted molar refractivity (Wildman–Crippen MR) is 116 cm³/mol.